The smallest absolute Gasteiger partial charge is 0.127 e. The summed E-state index contributed by atoms with van der Waals surface area (Å²) in [6, 6.07) is 9.76. The molecule has 0 radical (unpaired) electrons. The molecule has 1 aliphatic heterocycles. The van der Waals surface area contributed by atoms with Gasteiger partial charge in [0.15, 0.2) is 0 Å². The fraction of sp³-hybridized carbons (Fsp3) is 0.200. The topological polar surface area (TPSA) is 35.2 Å². The van der Waals surface area contributed by atoms with Crippen molar-refractivity contribution in [1.82, 2.24) is 0 Å². The quantitative estimate of drug-likeness (QED) is 0.799. The van der Waals surface area contributed by atoms with Gasteiger partial charge in [0.2, 0.25) is 0 Å². The molecule has 2 N–H and O–H groups in total. The summed E-state index contributed by atoms with van der Waals surface area (Å²) in [6.45, 7) is 0. The predicted molar refractivity (Wildman–Crippen MR) is 80.5 cm³/mol. The number of hydrogen-bond donors (Lipinski definition) is 1. The summed E-state index contributed by atoms with van der Waals surface area (Å²) in [5.74, 6) is 0.414. The first-order chi connectivity index (χ1) is 9.54. The van der Waals surface area contributed by atoms with Gasteiger partial charge in [0.05, 0.1) is 0 Å². The average Bonchev–Trinajstić information content (AvgIpc) is 2.42. The standard InChI is InChI=1S/C15H12BrClFNO/c16-12-3-2-9(18)6-10(12)15-7-13(19)11-5-8(17)1-4-14(11)20-15/h1-6,13,15H,7,19H2/t13-,15?/m1/s1. The van der Waals surface area contributed by atoms with E-state index in [4.69, 9.17) is 22.1 Å². The van der Waals surface area contributed by atoms with Crippen molar-refractivity contribution in [2.45, 2.75) is 18.6 Å². The van der Waals surface area contributed by atoms with E-state index < -0.39 is 0 Å². The van der Waals surface area contributed by atoms with Crippen LogP contribution < -0.4 is 10.5 Å². The molecule has 20 heavy (non-hydrogen) atoms. The van der Waals surface area contributed by atoms with Crippen LogP contribution >= 0.6 is 27.5 Å². The van der Waals surface area contributed by atoms with Crippen LogP contribution in [0, 0.1) is 5.82 Å². The molecular weight excluding hydrogens is 345 g/mol. The molecule has 2 atom stereocenters. The van der Waals surface area contributed by atoms with Crippen molar-refractivity contribution >= 4 is 27.5 Å². The number of fused-ring (bicyclic) bond motifs is 1. The second-order valence-electron chi connectivity index (χ2n) is 4.80. The highest BCUT2D eigenvalue weighted by Crippen LogP contribution is 2.42. The molecule has 2 nitrogen and oxygen atoms in total. The summed E-state index contributed by atoms with van der Waals surface area (Å²) in [6.07, 6.45) is 0.304. The number of halogens is 3. The van der Waals surface area contributed by atoms with Crippen molar-refractivity contribution in [2.24, 2.45) is 5.73 Å². The van der Waals surface area contributed by atoms with E-state index in [0.29, 0.717) is 17.2 Å². The molecule has 0 aliphatic carbocycles. The molecule has 104 valence electrons. The first-order valence-electron chi connectivity index (χ1n) is 6.21. The Morgan fingerprint density at radius 1 is 1.20 bits per heavy atom. The lowest BCUT2D eigenvalue weighted by atomic mass is 9.93. The summed E-state index contributed by atoms with van der Waals surface area (Å²) in [5.41, 5.74) is 7.84. The Balaban J connectivity index is 1.99. The zero-order valence-corrected chi connectivity index (χ0v) is 12.8. The van der Waals surface area contributed by atoms with Gasteiger partial charge in [0, 0.05) is 33.1 Å². The summed E-state index contributed by atoms with van der Waals surface area (Å²) in [4.78, 5) is 0. The summed E-state index contributed by atoms with van der Waals surface area (Å²) in [5, 5.41) is 0.633. The molecule has 5 heteroatoms. The average molecular weight is 357 g/mol. The van der Waals surface area contributed by atoms with E-state index in [9.17, 15) is 4.39 Å². The van der Waals surface area contributed by atoms with Crippen LogP contribution in [0.5, 0.6) is 5.75 Å². The second-order valence-corrected chi connectivity index (χ2v) is 6.09. The Morgan fingerprint density at radius 2 is 2.00 bits per heavy atom. The number of benzene rings is 2. The maximum absolute atomic E-state index is 13.4. The van der Waals surface area contributed by atoms with Crippen LogP contribution in [0.25, 0.3) is 0 Å². The third-order valence-corrected chi connectivity index (χ3v) is 4.37. The number of ether oxygens (including phenoxy) is 1. The Kier molecular flexibility index (Phi) is 3.71. The Bertz CT molecular complexity index is 664. The minimum Gasteiger partial charge on any atom is -0.485 e. The molecule has 2 aromatic carbocycles. The number of rotatable bonds is 1. The van der Waals surface area contributed by atoms with Gasteiger partial charge in [-0.1, -0.05) is 27.5 Å². The van der Waals surface area contributed by atoms with Crippen molar-refractivity contribution in [1.29, 1.82) is 0 Å². The van der Waals surface area contributed by atoms with Crippen molar-refractivity contribution < 1.29 is 9.13 Å². The van der Waals surface area contributed by atoms with Gasteiger partial charge in [-0.3, -0.25) is 0 Å². The van der Waals surface area contributed by atoms with E-state index in [2.05, 4.69) is 15.9 Å². The van der Waals surface area contributed by atoms with Gasteiger partial charge in [-0.25, -0.2) is 4.39 Å². The van der Waals surface area contributed by atoms with Crippen LogP contribution in [-0.2, 0) is 0 Å². The van der Waals surface area contributed by atoms with Gasteiger partial charge in [-0.15, -0.1) is 0 Å². The predicted octanol–water partition coefficient (Wildman–Crippen LogP) is 4.77. The lowest BCUT2D eigenvalue weighted by Gasteiger charge is -2.31. The van der Waals surface area contributed by atoms with Crippen molar-refractivity contribution in [3.05, 3.63) is 62.8 Å². The summed E-state index contributed by atoms with van der Waals surface area (Å²) in [7, 11) is 0. The Morgan fingerprint density at radius 3 is 2.80 bits per heavy atom. The SMILES string of the molecule is N[C@@H]1CC(c2cc(F)ccc2Br)Oc2ccc(Cl)cc21. The van der Waals surface area contributed by atoms with Gasteiger partial charge in [-0.05, 0) is 36.4 Å². The van der Waals surface area contributed by atoms with Gasteiger partial charge in [0.25, 0.3) is 0 Å². The van der Waals surface area contributed by atoms with E-state index in [-0.39, 0.29) is 18.0 Å². The van der Waals surface area contributed by atoms with E-state index in [1.165, 1.54) is 12.1 Å². The third kappa shape index (κ3) is 2.55. The first kappa shape index (κ1) is 13.9. The molecule has 1 heterocycles. The minimum absolute atomic E-state index is 0.183. The molecule has 0 amide bonds. The highest BCUT2D eigenvalue weighted by atomic mass is 79.9. The largest absolute Gasteiger partial charge is 0.485 e. The molecule has 0 aromatic heterocycles. The van der Waals surface area contributed by atoms with Crippen LogP contribution in [0.4, 0.5) is 4.39 Å². The lowest BCUT2D eigenvalue weighted by molar-refractivity contribution is 0.160. The number of hydrogen-bond acceptors (Lipinski definition) is 2. The molecule has 1 aliphatic rings. The zero-order valence-electron chi connectivity index (χ0n) is 10.4. The van der Waals surface area contributed by atoms with Crippen LogP contribution in [0.3, 0.4) is 0 Å². The van der Waals surface area contributed by atoms with E-state index in [1.54, 1.807) is 18.2 Å². The summed E-state index contributed by atoms with van der Waals surface area (Å²) >= 11 is 9.40. The first-order valence-corrected chi connectivity index (χ1v) is 7.38. The fourth-order valence-corrected chi connectivity index (χ4v) is 3.11. The molecule has 3 rings (SSSR count). The molecular formula is C15H12BrClFNO. The number of nitrogens with two attached hydrogens (primary N) is 1. The van der Waals surface area contributed by atoms with Gasteiger partial charge >= 0.3 is 0 Å². The van der Waals surface area contributed by atoms with Crippen LogP contribution in [0.2, 0.25) is 5.02 Å². The highest BCUT2D eigenvalue weighted by Gasteiger charge is 2.28. The van der Waals surface area contributed by atoms with Crippen molar-refractivity contribution in [3.8, 4) is 5.75 Å². The second kappa shape index (κ2) is 5.35. The maximum Gasteiger partial charge on any atom is 0.127 e. The van der Waals surface area contributed by atoms with Crippen LogP contribution in [0.15, 0.2) is 40.9 Å². The maximum atomic E-state index is 13.4. The molecule has 2 aromatic rings. The van der Waals surface area contributed by atoms with Crippen molar-refractivity contribution in [2.75, 3.05) is 0 Å². The monoisotopic (exact) mass is 355 g/mol. The summed E-state index contributed by atoms with van der Waals surface area (Å²) < 4.78 is 20.2. The van der Waals surface area contributed by atoms with E-state index >= 15 is 0 Å². The molecule has 0 spiro atoms. The highest BCUT2D eigenvalue weighted by molar-refractivity contribution is 9.10. The fourth-order valence-electron chi connectivity index (χ4n) is 2.43. The molecule has 1 unspecified atom stereocenters. The van der Waals surface area contributed by atoms with Crippen LogP contribution in [0.1, 0.15) is 29.7 Å². The normalized spacial score (nSPS) is 21.2. The van der Waals surface area contributed by atoms with E-state index in [0.717, 1.165) is 15.6 Å². The molecule has 0 fully saturated rings. The van der Waals surface area contributed by atoms with E-state index in [1.807, 2.05) is 6.07 Å². The molecule has 0 saturated carbocycles. The Hall–Kier alpha value is -1.10. The van der Waals surface area contributed by atoms with Gasteiger partial charge in [0.1, 0.15) is 17.7 Å². The van der Waals surface area contributed by atoms with Gasteiger partial charge < -0.3 is 10.5 Å². The van der Waals surface area contributed by atoms with Crippen LogP contribution in [-0.4, -0.2) is 0 Å². The zero-order chi connectivity index (χ0) is 14.3. The Labute approximate surface area is 129 Å². The molecule has 0 bridgehead atoms. The third-order valence-electron chi connectivity index (χ3n) is 3.41. The van der Waals surface area contributed by atoms with Gasteiger partial charge in [-0.2, -0.15) is 0 Å². The molecule has 0 saturated heterocycles. The minimum atomic E-state index is -0.290. The van der Waals surface area contributed by atoms with Crippen molar-refractivity contribution in [3.63, 3.8) is 0 Å². The lowest BCUT2D eigenvalue weighted by Crippen LogP contribution is -2.24.